The molecule has 0 spiro atoms. The first-order valence-electron chi connectivity index (χ1n) is 9.21. The van der Waals surface area contributed by atoms with E-state index in [1.54, 1.807) is 42.6 Å². The zero-order valence-corrected chi connectivity index (χ0v) is 17.1. The summed E-state index contributed by atoms with van der Waals surface area (Å²) in [7, 11) is 0. The minimum atomic E-state index is -4.64. The van der Waals surface area contributed by atoms with Crippen LogP contribution in [0.5, 0.6) is 11.6 Å². The van der Waals surface area contributed by atoms with E-state index in [9.17, 15) is 18.0 Å². The van der Waals surface area contributed by atoms with E-state index in [0.717, 1.165) is 12.1 Å². The Hall–Kier alpha value is -4.19. The molecule has 2 amide bonds. The second-order valence-electron chi connectivity index (χ2n) is 6.49. The number of halogens is 4. The van der Waals surface area contributed by atoms with E-state index in [4.69, 9.17) is 16.3 Å². The molecule has 2 aromatic carbocycles. The number of rotatable bonds is 5. The Morgan fingerprint density at radius 3 is 2.45 bits per heavy atom. The van der Waals surface area contributed by atoms with Gasteiger partial charge in [-0.05, 0) is 59.8 Å². The van der Waals surface area contributed by atoms with Crippen molar-refractivity contribution < 1.29 is 22.7 Å². The number of nitrogens with zero attached hydrogens (tertiary/aromatic N) is 4. The van der Waals surface area contributed by atoms with Gasteiger partial charge in [-0.25, -0.2) is 9.78 Å². The fourth-order valence-corrected chi connectivity index (χ4v) is 2.97. The lowest BCUT2D eigenvalue weighted by Gasteiger charge is -2.12. The number of pyridine rings is 1. The van der Waals surface area contributed by atoms with E-state index < -0.39 is 22.8 Å². The van der Waals surface area contributed by atoms with Crippen molar-refractivity contribution in [2.75, 3.05) is 10.6 Å². The number of hydrogen-bond donors (Lipinski definition) is 3. The molecule has 0 aliphatic carbocycles. The molecule has 9 nitrogen and oxygen atoms in total. The Morgan fingerprint density at radius 1 is 1.03 bits per heavy atom. The van der Waals surface area contributed by atoms with Crippen LogP contribution in [-0.4, -0.2) is 31.6 Å². The zero-order valence-electron chi connectivity index (χ0n) is 16.4. The van der Waals surface area contributed by atoms with Gasteiger partial charge in [0.05, 0.1) is 16.1 Å². The summed E-state index contributed by atoms with van der Waals surface area (Å²) in [6.45, 7) is 0. The number of aromatic nitrogens is 5. The first-order valence-corrected chi connectivity index (χ1v) is 9.59. The second kappa shape index (κ2) is 9.12. The minimum absolute atomic E-state index is 0.0617. The van der Waals surface area contributed by atoms with Gasteiger partial charge in [0.25, 0.3) is 0 Å². The maximum absolute atomic E-state index is 13.0. The maximum atomic E-state index is 13.0. The highest BCUT2D eigenvalue weighted by Gasteiger charge is 2.33. The first kappa shape index (κ1) is 22.0. The summed E-state index contributed by atoms with van der Waals surface area (Å²) in [4.78, 5) is 16.3. The number of carbonyl (C=O) groups is 1. The molecule has 13 heteroatoms. The van der Waals surface area contributed by atoms with Crippen molar-refractivity contribution in [1.29, 1.82) is 0 Å². The fourth-order valence-electron chi connectivity index (χ4n) is 2.75. The highest BCUT2D eigenvalue weighted by molar-refractivity contribution is 6.31. The van der Waals surface area contributed by atoms with Gasteiger partial charge >= 0.3 is 12.2 Å². The number of tetrazole rings is 1. The van der Waals surface area contributed by atoms with Crippen LogP contribution in [0.15, 0.2) is 60.8 Å². The highest BCUT2D eigenvalue weighted by atomic mass is 35.5. The highest BCUT2D eigenvalue weighted by Crippen LogP contribution is 2.36. The molecule has 2 aromatic heterocycles. The number of hydrogen-bond acceptors (Lipinski definition) is 6. The quantitative estimate of drug-likeness (QED) is 0.357. The largest absolute Gasteiger partial charge is 0.438 e. The Balaban J connectivity index is 1.41. The van der Waals surface area contributed by atoms with Crippen LogP contribution in [0, 0.1) is 0 Å². The van der Waals surface area contributed by atoms with Crippen molar-refractivity contribution in [2.24, 2.45) is 0 Å². The smallest absolute Gasteiger partial charge is 0.417 e. The van der Waals surface area contributed by atoms with Crippen molar-refractivity contribution in [1.82, 2.24) is 25.6 Å². The lowest BCUT2D eigenvalue weighted by molar-refractivity contribution is -0.137. The van der Waals surface area contributed by atoms with Crippen LogP contribution in [0.4, 0.5) is 29.3 Å². The molecular formula is C20H13ClF3N7O2. The molecule has 0 saturated carbocycles. The number of urea groups is 1. The first-order chi connectivity index (χ1) is 15.8. The monoisotopic (exact) mass is 475 g/mol. The van der Waals surface area contributed by atoms with Gasteiger partial charge in [0.15, 0.2) is 0 Å². The van der Waals surface area contributed by atoms with E-state index in [0.29, 0.717) is 22.8 Å². The van der Waals surface area contributed by atoms with E-state index >= 15 is 0 Å². The van der Waals surface area contributed by atoms with Crippen molar-refractivity contribution >= 4 is 29.0 Å². The molecule has 2 heterocycles. The molecule has 168 valence electrons. The van der Waals surface area contributed by atoms with E-state index in [-0.39, 0.29) is 11.6 Å². The lowest BCUT2D eigenvalue weighted by atomic mass is 10.2. The van der Waals surface area contributed by atoms with Crippen LogP contribution in [0.1, 0.15) is 5.56 Å². The molecule has 0 bridgehead atoms. The summed E-state index contributed by atoms with van der Waals surface area (Å²) in [5.41, 5.74) is -0.204. The number of alkyl halides is 3. The Kier molecular flexibility index (Phi) is 6.09. The van der Waals surface area contributed by atoms with Gasteiger partial charge in [-0.15, -0.1) is 10.2 Å². The minimum Gasteiger partial charge on any atom is -0.438 e. The Labute approximate surface area is 189 Å². The van der Waals surface area contributed by atoms with E-state index in [1.807, 2.05) is 0 Å². The number of carbonyl (C=O) groups excluding carboxylic acids is 1. The second-order valence-corrected chi connectivity index (χ2v) is 6.90. The molecule has 0 aliphatic heterocycles. The van der Waals surface area contributed by atoms with E-state index in [1.165, 1.54) is 6.07 Å². The Bertz CT molecular complexity index is 1270. The van der Waals surface area contributed by atoms with E-state index in [2.05, 4.69) is 36.2 Å². The summed E-state index contributed by atoms with van der Waals surface area (Å²) < 4.78 is 44.7. The summed E-state index contributed by atoms with van der Waals surface area (Å²) in [6, 6.07) is 12.0. The summed E-state index contributed by atoms with van der Waals surface area (Å²) in [6.07, 6.45) is -3.10. The van der Waals surface area contributed by atoms with Gasteiger partial charge < -0.3 is 15.4 Å². The van der Waals surface area contributed by atoms with Gasteiger partial charge in [-0.2, -0.15) is 18.4 Å². The summed E-state index contributed by atoms with van der Waals surface area (Å²) >= 11 is 5.58. The Morgan fingerprint density at radius 2 is 1.76 bits per heavy atom. The average Bonchev–Trinajstić information content (AvgIpc) is 3.31. The lowest BCUT2D eigenvalue weighted by Crippen LogP contribution is -2.19. The normalized spacial score (nSPS) is 11.2. The maximum Gasteiger partial charge on any atom is 0.417 e. The van der Waals surface area contributed by atoms with Gasteiger partial charge in [0.1, 0.15) is 5.75 Å². The third-order valence-corrected chi connectivity index (χ3v) is 4.54. The van der Waals surface area contributed by atoms with Crippen molar-refractivity contribution in [3.63, 3.8) is 0 Å². The van der Waals surface area contributed by atoms with Gasteiger partial charge in [-0.3, -0.25) is 0 Å². The third-order valence-electron chi connectivity index (χ3n) is 4.21. The van der Waals surface area contributed by atoms with Crippen molar-refractivity contribution in [3.05, 3.63) is 71.4 Å². The predicted molar refractivity (Wildman–Crippen MR) is 113 cm³/mol. The average molecular weight is 476 g/mol. The van der Waals surface area contributed by atoms with Gasteiger partial charge in [0, 0.05) is 17.6 Å². The number of benzene rings is 2. The van der Waals surface area contributed by atoms with Gasteiger partial charge in [-0.1, -0.05) is 11.6 Å². The summed E-state index contributed by atoms with van der Waals surface area (Å²) in [5, 5.41) is 18.1. The van der Waals surface area contributed by atoms with Crippen LogP contribution in [0.25, 0.3) is 11.4 Å². The zero-order chi connectivity index (χ0) is 23.4. The van der Waals surface area contributed by atoms with Gasteiger partial charge in [0.2, 0.25) is 11.7 Å². The van der Waals surface area contributed by atoms with Crippen LogP contribution in [-0.2, 0) is 6.18 Å². The number of ether oxygens (including phenoxy) is 1. The standard InChI is InChI=1S/C20H13ClF3N7O2/c21-16-8-5-12(10-15(16)20(22,23)24)27-19(32)26-11-3-6-13(7-4-11)33-18-14(2-1-9-25-18)17-28-30-31-29-17/h1-10H,(H2,26,27,32)(H,28,29,30,31). The molecule has 0 atom stereocenters. The molecule has 4 rings (SSSR count). The fraction of sp³-hybridized carbons (Fsp3) is 0.0500. The molecule has 0 fully saturated rings. The molecule has 33 heavy (non-hydrogen) atoms. The SMILES string of the molecule is O=C(Nc1ccc(Oc2ncccc2-c2nn[nH]n2)cc1)Nc1ccc(Cl)c(C(F)(F)F)c1. The number of aromatic amines is 1. The van der Waals surface area contributed by atoms with Crippen LogP contribution in [0.3, 0.4) is 0 Å². The molecule has 0 radical (unpaired) electrons. The molecule has 4 aromatic rings. The number of nitrogens with one attached hydrogen (secondary N) is 3. The third kappa shape index (κ3) is 5.36. The van der Waals surface area contributed by atoms with Crippen LogP contribution < -0.4 is 15.4 Å². The molecule has 0 saturated heterocycles. The predicted octanol–water partition coefficient (Wildman–Crippen LogP) is 5.37. The molecular weight excluding hydrogens is 463 g/mol. The number of amides is 2. The molecule has 3 N–H and O–H groups in total. The number of anilines is 2. The number of H-pyrrole nitrogens is 1. The van der Waals surface area contributed by atoms with Crippen LogP contribution >= 0.6 is 11.6 Å². The molecule has 0 unspecified atom stereocenters. The van der Waals surface area contributed by atoms with Crippen LogP contribution in [0.2, 0.25) is 5.02 Å². The van der Waals surface area contributed by atoms with Crippen molar-refractivity contribution in [2.45, 2.75) is 6.18 Å². The summed E-state index contributed by atoms with van der Waals surface area (Å²) in [5.74, 6) is 0.974. The van der Waals surface area contributed by atoms with Crippen molar-refractivity contribution in [3.8, 4) is 23.0 Å². The topological polar surface area (TPSA) is 118 Å². The molecule has 0 aliphatic rings.